The highest BCUT2D eigenvalue weighted by atomic mass is 16.2. The first kappa shape index (κ1) is 25.6. The van der Waals surface area contributed by atoms with Gasteiger partial charge in [-0.05, 0) is 37.5 Å². The molecule has 2 N–H and O–H groups in total. The highest BCUT2D eigenvalue weighted by Crippen LogP contribution is 2.23. The number of nitrogens with two attached hydrogens (primary N) is 1. The van der Waals surface area contributed by atoms with Gasteiger partial charge in [-0.3, -0.25) is 18.5 Å². The zero-order valence-corrected chi connectivity index (χ0v) is 22.7. The number of aryl methyl sites for hydroxylation is 1. The van der Waals surface area contributed by atoms with Crippen LogP contribution in [0.15, 0.2) is 64.3 Å². The zero-order chi connectivity index (χ0) is 27.8. The maximum absolute atomic E-state index is 14.1. The molecule has 1 atom stereocenters. The molecule has 1 unspecified atom stereocenters. The summed E-state index contributed by atoms with van der Waals surface area (Å²) in [5.41, 5.74) is 9.62. The molecule has 1 aliphatic rings. The van der Waals surface area contributed by atoms with Crippen molar-refractivity contribution in [1.82, 2.24) is 28.1 Å². The molecule has 204 valence electrons. The molecule has 6 rings (SSSR count). The fraction of sp³-hybridized carbons (Fsp3) is 0.333. The summed E-state index contributed by atoms with van der Waals surface area (Å²) in [5.74, 6) is 6.63. The Morgan fingerprint density at radius 1 is 1.05 bits per heavy atom. The first-order valence-corrected chi connectivity index (χ1v) is 13.5. The highest BCUT2D eigenvalue weighted by Gasteiger charge is 2.26. The largest absolute Gasteiger partial charge is 0.341 e. The average Bonchev–Trinajstić information content (AvgIpc) is 3.52. The number of benzene rings is 1. The number of fused-ring (bicyclic) bond motifs is 2. The molecule has 1 aliphatic heterocycles. The Balaban J connectivity index is 1.52. The van der Waals surface area contributed by atoms with Crippen LogP contribution in [0.3, 0.4) is 0 Å². The Bertz CT molecular complexity index is 1880. The third-order valence-corrected chi connectivity index (χ3v) is 7.60. The fourth-order valence-corrected chi connectivity index (χ4v) is 5.59. The lowest BCUT2D eigenvalue weighted by atomic mass is 10.1. The maximum atomic E-state index is 14.1. The molecule has 1 aromatic carbocycles. The van der Waals surface area contributed by atoms with Crippen LogP contribution in [0, 0.1) is 11.8 Å². The molecule has 0 radical (unpaired) electrons. The summed E-state index contributed by atoms with van der Waals surface area (Å²) in [6.07, 6.45) is 4.45. The van der Waals surface area contributed by atoms with E-state index < -0.39 is 11.2 Å². The number of imidazole rings is 2. The van der Waals surface area contributed by atoms with Crippen LogP contribution < -0.4 is 21.9 Å². The number of anilines is 1. The van der Waals surface area contributed by atoms with Crippen LogP contribution in [0.2, 0.25) is 0 Å². The van der Waals surface area contributed by atoms with Gasteiger partial charge in [-0.1, -0.05) is 42.3 Å². The first-order valence-electron chi connectivity index (χ1n) is 13.5. The molecule has 5 aromatic rings. The standard InChI is InChI=1S/C30H32N8O2/c1-3-4-16-37-26-27(33-29(37)35-15-10-13-22(31)19-35)34(2)30(40)38(28(26)39)20-23-24(18-21-11-6-5-7-12-21)36-17-9-8-14-25(36)32-23/h5-9,11-12,14,17,22H,10,13,15-16,18-20,31H2,1-2H3. The van der Waals surface area contributed by atoms with Gasteiger partial charge in [-0.2, -0.15) is 4.98 Å². The zero-order valence-electron chi connectivity index (χ0n) is 22.7. The van der Waals surface area contributed by atoms with Gasteiger partial charge in [-0.15, -0.1) is 5.92 Å². The molecule has 4 aromatic heterocycles. The number of piperidine rings is 1. The Morgan fingerprint density at radius 2 is 1.85 bits per heavy atom. The number of rotatable bonds is 6. The summed E-state index contributed by atoms with van der Waals surface area (Å²) >= 11 is 0. The van der Waals surface area contributed by atoms with Crippen LogP contribution in [0.1, 0.15) is 36.7 Å². The van der Waals surface area contributed by atoms with Gasteiger partial charge in [0.05, 0.1) is 24.5 Å². The Morgan fingerprint density at radius 3 is 2.62 bits per heavy atom. The monoisotopic (exact) mass is 536 g/mol. The lowest BCUT2D eigenvalue weighted by Gasteiger charge is -2.31. The lowest BCUT2D eigenvalue weighted by Crippen LogP contribution is -2.44. The van der Waals surface area contributed by atoms with Gasteiger partial charge >= 0.3 is 5.69 Å². The molecule has 1 fully saturated rings. The molecule has 0 saturated carbocycles. The summed E-state index contributed by atoms with van der Waals surface area (Å²) in [4.78, 5) is 39.5. The van der Waals surface area contributed by atoms with E-state index in [2.05, 4.69) is 28.9 Å². The Labute approximate surface area is 231 Å². The molecule has 1 saturated heterocycles. The second-order valence-electron chi connectivity index (χ2n) is 10.3. The van der Waals surface area contributed by atoms with E-state index in [0.717, 1.165) is 36.3 Å². The predicted molar refractivity (Wildman–Crippen MR) is 156 cm³/mol. The summed E-state index contributed by atoms with van der Waals surface area (Å²) < 4.78 is 6.57. The third-order valence-electron chi connectivity index (χ3n) is 7.60. The number of hydrogen-bond acceptors (Lipinski definition) is 6. The molecule has 0 bridgehead atoms. The van der Waals surface area contributed by atoms with E-state index in [0.29, 0.717) is 35.8 Å². The number of aromatic nitrogens is 6. The van der Waals surface area contributed by atoms with E-state index in [4.69, 9.17) is 15.7 Å². The van der Waals surface area contributed by atoms with Crippen molar-refractivity contribution in [2.45, 2.75) is 45.3 Å². The molecule has 5 heterocycles. The Kier molecular flexibility index (Phi) is 6.74. The number of nitrogens with zero attached hydrogens (tertiary/aromatic N) is 7. The van der Waals surface area contributed by atoms with Gasteiger partial charge in [0.1, 0.15) is 5.65 Å². The minimum atomic E-state index is -0.437. The van der Waals surface area contributed by atoms with Gasteiger partial charge < -0.3 is 15.0 Å². The van der Waals surface area contributed by atoms with E-state index in [1.54, 1.807) is 14.0 Å². The van der Waals surface area contributed by atoms with Crippen LogP contribution in [0.5, 0.6) is 0 Å². The van der Waals surface area contributed by atoms with Crippen molar-refractivity contribution in [2.24, 2.45) is 12.8 Å². The van der Waals surface area contributed by atoms with Crippen LogP contribution in [-0.4, -0.2) is 47.2 Å². The van der Waals surface area contributed by atoms with Crippen molar-refractivity contribution in [1.29, 1.82) is 0 Å². The summed E-state index contributed by atoms with van der Waals surface area (Å²) in [6, 6.07) is 15.9. The molecule has 10 heteroatoms. The summed E-state index contributed by atoms with van der Waals surface area (Å²) in [5, 5.41) is 0. The molecule has 0 amide bonds. The lowest BCUT2D eigenvalue weighted by molar-refractivity contribution is 0.496. The quantitative estimate of drug-likeness (QED) is 0.333. The summed E-state index contributed by atoms with van der Waals surface area (Å²) in [7, 11) is 1.66. The van der Waals surface area contributed by atoms with E-state index in [1.807, 2.05) is 51.6 Å². The molecule has 0 aliphatic carbocycles. The van der Waals surface area contributed by atoms with Crippen molar-refractivity contribution in [2.75, 3.05) is 18.0 Å². The van der Waals surface area contributed by atoms with Gasteiger partial charge in [0.15, 0.2) is 11.2 Å². The SMILES string of the molecule is CC#CCn1c(N2CCCC(N)C2)nc2c1c(=O)n(Cc1nc3ccccn3c1Cc1ccccc1)c(=O)n2C. The fourth-order valence-electron chi connectivity index (χ4n) is 5.59. The van der Waals surface area contributed by atoms with Gasteiger partial charge in [-0.25, -0.2) is 9.78 Å². The molecule has 10 nitrogen and oxygen atoms in total. The van der Waals surface area contributed by atoms with Crippen molar-refractivity contribution < 1.29 is 0 Å². The molecule has 0 spiro atoms. The van der Waals surface area contributed by atoms with Crippen molar-refractivity contribution in [3.05, 3.63) is 92.5 Å². The third kappa shape index (κ3) is 4.48. The van der Waals surface area contributed by atoms with Gasteiger partial charge in [0.2, 0.25) is 5.95 Å². The minimum absolute atomic E-state index is 0.0258. The second kappa shape index (κ2) is 10.5. The second-order valence-corrected chi connectivity index (χ2v) is 10.3. The van der Waals surface area contributed by atoms with Crippen LogP contribution >= 0.6 is 0 Å². The number of pyridine rings is 1. The van der Waals surface area contributed by atoms with E-state index in [1.165, 1.54) is 9.13 Å². The minimum Gasteiger partial charge on any atom is -0.341 e. The van der Waals surface area contributed by atoms with Gasteiger partial charge in [0.25, 0.3) is 5.56 Å². The van der Waals surface area contributed by atoms with E-state index in [-0.39, 0.29) is 19.1 Å². The Hall–Kier alpha value is -4.62. The highest BCUT2D eigenvalue weighted by molar-refractivity contribution is 5.75. The summed E-state index contributed by atoms with van der Waals surface area (Å²) in [6.45, 7) is 3.51. The van der Waals surface area contributed by atoms with Gasteiger partial charge in [0, 0.05) is 38.8 Å². The van der Waals surface area contributed by atoms with E-state index >= 15 is 0 Å². The molecular formula is C30H32N8O2. The topological polar surface area (TPSA) is 108 Å². The normalized spacial score (nSPS) is 15.5. The van der Waals surface area contributed by atoms with Crippen molar-refractivity contribution in [3.8, 4) is 11.8 Å². The van der Waals surface area contributed by atoms with E-state index in [9.17, 15) is 9.59 Å². The number of hydrogen-bond donors (Lipinski definition) is 1. The average molecular weight is 537 g/mol. The van der Waals surface area contributed by atoms with Crippen LogP contribution in [0.4, 0.5) is 5.95 Å². The van der Waals surface area contributed by atoms with Crippen LogP contribution in [-0.2, 0) is 26.6 Å². The van der Waals surface area contributed by atoms with Crippen molar-refractivity contribution in [3.63, 3.8) is 0 Å². The van der Waals surface area contributed by atoms with Crippen molar-refractivity contribution >= 4 is 22.8 Å². The maximum Gasteiger partial charge on any atom is 0.332 e. The first-order chi connectivity index (χ1) is 19.5. The smallest absolute Gasteiger partial charge is 0.332 e. The molecule has 40 heavy (non-hydrogen) atoms. The van der Waals surface area contributed by atoms with Crippen LogP contribution in [0.25, 0.3) is 16.8 Å². The predicted octanol–water partition coefficient (Wildman–Crippen LogP) is 2.13. The molecular weight excluding hydrogens is 504 g/mol.